The van der Waals surface area contributed by atoms with Crippen LogP contribution in [0.2, 0.25) is 0 Å². The molecule has 4 rings (SSSR count). The van der Waals surface area contributed by atoms with Gasteiger partial charge in [0.1, 0.15) is 4.70 Å². The zero-order valence-electron chi connectivity index (χ0n) is 9.71. The number of fused-ring (bicyclic) bond motifs is 2. The Kier molecular flexibility index (Phi) is 2.30. The number of thiophene rings is 2. The number of rotatable bonds is 1. The molecule has 4 aromatic rings. The predicted octanol–water partition coefficient (Wildman–Crippen LogP) is 3.87. The zero-order chi connectivity index (χ0) is 12.8. The maximum atomic E-state index is 11.7. The van der Waals surface area contributed by atoms with Gasteiger partial charge in [0.2, 0.25) is 0 Å². The van der Waals surface area contributed by atoms with Crippen molar-refractivity contribution in [3.8, 4) is 9.75 Å². The fourth-order valence-electron chi connectivity index (χ4n) is 2.09. The van der Waals surface area contributed by atoms with Crippen LogP contribution >= 0.6 is 22.7 Å². The highest BCUT2D eigenvalue weighted by Gasteiger charge is 2.10. The third-order valence-corrected chi connectivity index (χ3v) is 5.42. The summed E-state index contributed by atoms with van der Waals surface area (Å²) in [5.41, 5.74) is 0.698. The van der Waals surface area contributed by atoms with Gasteiger partial charge in [0.05, 0.1) is 11.8 Å². The Hall–Kier alpha value is -1.98. The standard InChI is InChI=1S/C14H8N2OS2/c17-14-13-9(15-7-16-14)6-12(19-13)11-5-8-3-1-2-4-10(8)18-11/h1-7H,(H,15,16,17). The van der Waals surface area contributed by atoms with Gasteiger partial charge in [-0.3, -0.25) is 4.79 Å². The molecule has 0 atom stereocenters. The number of aromatic amines is 1. The zero-order valence-corrected chi connectivity index (χ0v) is 11.3. The van der Waals surface area contributed by atoms with Crippen molar-refractivity contribution < 1.29 is 0 Å². The highest BCUT2D eigenvalue weighted by molar-refractivity contribution is 7.28. The fraction of sp³-hybridized carbons (Fsp3) is 0. The summed E-state index contributed by atoms with van der Waals surface area (Å²) < 4.78 is 1.95. The monoisotopic (exact) mass is 284 g/mol. The van der Waals surface area contributed by atoms with Crippen LogP contribution in [0, 0.1) is 0 Å². The molecule has 0 aliphatic heterocycles. The van der Waals surface area contributed by atoms with Crippen LogP contribution in [-0.2, 0) is 0 Å². The molecule has 3 heterocycles. The van der Waals surface area contributed by atoms with Gasteiger partial charge in [0.25, 0.3) is 5.56 Å². The Morgan fingerprint density at radius 2 is 1.89 bits per heavy atom. The van der Waals surface area contributed by atoms with E-state index in [9.17, 15) is 4.79 Å². The predicted molar refractivity (Wildman–Crippen MR) is 81.1 cm³/mol. The minimum absolute atomic E-state index is 0.0673. The van der Waals surface area contributed by atoms with Crippen LogP contribution in [0.3, 0.4) is 0 Å². The normalized spacial score (nSPS) is 11.4. The van der Waals surface area contributed by atoms with E-state index in [4.69, 9.17) is 0 Å². The van der Waals surface area contributed by atoms with E-state index in [-0.39, 0.29) is 5.56 Å². The second-order valence-corrected chi connectivity index (χ2v) is 6.34. The van der Waals surface area contributed by atoms with Crippen LogP contribution in [0.25, 0.3) is 30.1 Å². The Morgan fingerprint density at radius 3 is 2.74 bits per heavy atom. The lowest BCUT2D eigenvalue weighted by Gasteiger charge is -1.85. The molecule has 0 unspecified atom stereocenters. The molecule has 0 aliphatic carbocycles. The van der Waals surface area contributed by atoms with E-state index in [1.807, 2.05) is 18.2 Å². The second-order valence-electron chi connectivity index (χ2n) is 4.21. The van der Waals surface area contributed by atoms with Crippen LogP contribution < -0.4 is 5.56 Å². The molecule has 0 fully saturated rings. The van der Waals surface area contributed by atoms with Crippen molar-refractivity contribution in [3.63, 3.8) is 0 Å². The van der Waals surface area contributed by atoms with Gasteiger partial charge >= 0.3 is 0 Å². The first-order valence-corrected chi connectivity index (χ1v) is 7.41. The lowest BCUT2D eigenvalue weighted by atomic mass is 10.2. The van der Waals surface area contributed by atoms with E-state index in [1.54, 1.807) is 11.3 Å². The van der Waals surface area contributed by atoms with Crippen molar-refractivity contribution in [2.45, 2.75) is 0 Å². The van der Waals surface area contributed by atoms with Crippen molar-refractivity contribution >= 4 is 43.0 Å². The minimum Gasteiger partial charge on any atom is -0.312 e. The van der Waals surface area contributed by atoms with E-state index in [0.29, 0.717) is 4.70 Å². The topological polar surface area (TPSA) is 45.8 Å². The average Bonchev–Trinajstić information content (AvgIpc) is 3.02. The summed E-state index contributed by atoms with van der Waals surface area (Å²) in [7, 11) is 0. The number of H-pyrrole nitrogens is 1. The second kappa shape index (κ2) is 4.01. The SMILES string of the molecule is O=c1[nH]cnc2cc(-c3cc4ccccc4s3)sc12. The third-order valence-electron chi connectivity index (χ3n) is 2.99. The molecule has 92 valence electrons. The van der Waals surface area contributed by atoms with Crippen LogP contribution in [-0.4, -0.2) is 9.97 Å². The van der Waals surface area contributed by atoms with Gasteiger partial charge in [-0.05, 0) is 23.6 Å². The molecular formula is C14H8N2OS2. The summed E-state index contributed by atoms with van der Waals surface area (Å²) >= 11 is 3.24. The molecular weight excluding hydrogens is 276 g/mol. The summed E-state index contributed by atoms with van der Waals surface area (Å²) in [6, 6.07) is 12.4. The van der Waals surface area contributed by atoms with Crippen molar-refractivity contribution in [2.24, 2.45) is 0 Å². The minimum atomic E-state index is -0.0673. The van der Waals surface area contributed by atoms with E-state index >= 15 is 0 Å². The molecule has 0 radical (unpaired) electrons. The van der Waals surface area contributed by atoms with Crippen LogP contribution in [0.15, 0.2) is 47.5 Å². The van der Waals surface area contributed by atoms with E-state index < -0.39 is 0 Å². The van der Waals surface area contributed by atoms with Crippen molar-refractivity contribution in [3.05, 3.63) is 53.1 Å². The maximum absolute atomic E-state index is 11.7. The summed E-state index contributed by atoms with van der Waals surface area (Å²) in [6.07, 6.45) is 1.45. The Morgan fingerprint density at radius 1 is 1.05 bits per heavy atom. The highest BCUT2D eigenvalue weighted by atomic mass is 32.1. The molecule has 19 heavy (non-hydrogen) atoms. The van der Waals surface area contributed by atoms with E-state index in [2.05, 4.69) is 28.2 Å². The number of aromatic nitrogens is 2. The first kappa shape index (κ1) is 10.9. The molecule has 0 amide bonds. The number of benzene rings is 1. The highest BCUT2D eigenvalue weighted by Crippen LogP contribution is 2.38. The molecule has 0 spiro atoms. The van der Waals surface area contributed by atoms with Crippen LogP contribution in [0.1, 0.15) is 0 Å². The van der Waals surface area contributed by atoms with Gasteiger partial charge < -0.3 is 4.98 Å². The number of hydrogen-bond donors (Lipinski definition) is 1. The molecule has 3 nitrogen and oxygen atoms in total. The summed E-state index contributed by atoms with van der Waals surface area (Å²) in [4.78, 5) is 20.8. The number of nitrogens with zero attached hydrogens (tertiary/aromatic N) is 1. The smallest absolute Gasteiger partial charge is 0.268 e. The van der Waals surface area contributed by atoms with Crippen molar-refractivity contribution in [2.75, 3.05) is 0 Å². The van der Waals surface area contributed by atoms with Crippen LogP contribution in [0.5, 0.6) is 0 Å². The Labute approximate surface area is 116 Å². The largest absolute Gasteiger partial charge is 0.312 e. The molecule has 0 saturated heterocycles. The molecule has 0 saturated carbocycles. The molecule has 1 N–H and O–H groups in total. The lowest BCUT2D eigenvalue weighted by molar-refractivity contribution is 1.18. The van der Waals surface area contributed by atoms with Gasteiger partial charge in [-0.1, -0.05) is 18.2 Å². The van der Waals surface area contributed by atoms with Gasteiger partial charge in [-0.15, -0.1) is 22.7 Å². The third kappa shape index (κ3) is 1.70. The van der Waals surface area contributed by atoms with Gasteiger partial charge in [-0.2, -0.15) is 0 Å². The van der Waals surface area contributed by atoms with E-state index in [0.717, 1.165) is 10.4 Å². The molecule has 5 heteroatoms. The average molecular weight is 284 g/mol. The Balaban J connectivity index is 1.98. The van der Waals surface area contributed by atoms with Gasteiger partial charge in [-0.25, -0.2) is 4.98 Å². The summed E-state index contributed by atoms with van der Waals surface area (Å²) in [5, 5.41) is 1.24. The lowest BCUT2D eigenvalue weighted by Crippen LogP contribution is -2.02. The molecule has 3 aromatic heterocycles. The first-order chi connectivity index (χ1) is 9.31. The number of hydrogen-bond acceptors (Lipinski definition) is 4. The number of nitrogens with one attached hydrogen (secondary N) is 1. The summed E-state index contributed by atoms with van der Waals surface area (Å²) in [6.45, 7) is 0. The first-order valence-electron chi connectivity index (χ1n) is 5.77. The van der Waals surface area contributed by atoms with Gasteiger partial charge in [0.15, 0.2) is 0 Å². The molecule has 0 aliphatic rings. The van der Waals surface area contributed by atoms with Crippen molar-refractivity contribution in [1.29, 1.82) is 0 Å². The van der Waals surface area contributed by atoms with Gasteiger partial charge in [0, 0.05) is 14.5 Å². The van der Waals surface area contributed by atoms with Crippen LogP contribution in [0.4, 0.5) is 0 Å². The summed E-state index contributed by atoms with van der Waals surface area (Å²) in [5.74, 6) is 0. The quantitative estimate of drug-likeness (QED) is 0.577. The van der Waals surface area contributed by atoms with E-state index in [1.165, 1.54) is 32.6 Å². The fourth-order valence-corrected chi connectivity index (χ4v) is 4.23. The Bertz CT molecular complexity index is 916. The maximum Gasteiger partial charge on any atom is 0.268 e. The van der Waals surface area contributed by atoms with Crippen molar-refractivity contribution in [1.82, 2.24) is 9.97 Å². The molecule has 0 bridgehead atoms. The molecule has 1 aromatic carbocycles.